The van der Waals surface area contributed by atoms with Crippen LogP contribution >= 0.6 is 27.3 Å². The van der Waals surface area contributed by atoms with E-state index in [9.17, 15) is 4.39 Å². The molecular weight excluding hydrogens is 335 g/mol. The summed E-state index contributed by atoms with van der Waals surface area (Å²) in [5.41, 5.74) is 4.69. The van der Waals surface area contributed by atoms with Gasteiger partial charge in [0.2, 0.25) is 0 Å². The summed E-state index contributed by atoms with van der Waals surface area (Å²) in [6, 6.07) is 15.1. The van der Waals surface area contributed by atoms with Crippen molar-refractivity contribution in [3.63, 3.8) is 0 Å². The molecule has 0 aliphatic rings. The topological polar surface area (TPSA) is 0 Å². The smallest absolute Gasteiger partial charge is 0.123 e. The van der Waals surface area contributed by atoms with Crippen molar-refractivity contribution >= 4 is 27.3 Å². The van der Waals surface area contributed by atoms with Crippen LogP contribution in [0.2, 0.25) is 0 Å². The van der Waals surface area contributed by atoms with E-state index in [1.807, 2.05) is 18.2 Å². The SMILES string of the molecule is Cc1ccc(Br)cc1-c1ccsc1-c1ccc(F)cc1. The van der Waals surface area contributed by atoms with Crippen molar-refractivity contribution in [1.82, 2.24) is 0 Å². The maximum absolute atomic E-state index is 13.1. The third-order valence-corrected chi connectivity index (χ3v) is 4.72. The fraction of sp³-hybridized carbons (Fsp3) is 0.0588. The molecule has 0 N–H and O–H groups in total. The van der Waals surface area contributed by atoms with Gasteiger partial charge in [0.05, 0.1) is 0 Å². The summed E-state index contributed by atoms with van der Waals surface area (Å²) < 4.78 is 14.1. The van der Waals surface area contributed by atoms with Crippen molar-refractivity contribution in [1.29, 1.82) is 0 Å². The predicted molar refractivity (Wildman–Crippen MR) is 87.6 cm³/mol. The Morgan fingerprint density at radius 3 is 2.45 bits per heavy atom. The Hall–Kier alpha value is -1.45. The highest BCUT2D eigenvalue weighted by Gasteiger charge is 2.11. The van der Waals surface area contributed by atoms with E-state index in [4.69, 9.17) is 0 Å². The van der Waals surface area contributed by atoms with Gasteiger partial charge in [-0.1, -0.05) is 34.1 Å². The predicted octanol–water partition coefficient (Wildman–Crippen LogP) is 6.29. The number of halogens is 2. The lowest BCUT2D eigenvalue weighted by Crippen LogP contribution is -1.84. The number of hydrogen-bond donors (Lipinski definition) is 0. The molecular formula is C17H12BrFS. The van der Waals surface area contributed by atoms with E-state index in [0.29, 0.717) is 0 Å². The van der Waals surface area contributed by atoms with E-state index in [1.165, 1.54) is 33.7 Å². The molecule has 0 radical (unpaired) electrons. The van der Waals surface area contributed by atoms with E-state index in [1.54, 1.807) is 11.3 Å². The van der Waals surface area contributed by atoms with Gasteiger partial charge in [0.1, 0.15) is 5.82 Å². The molecule has 0 fully saturated rings. The van der Waals surface area contributed by atoms with Crippen LogP contribution in [-0.2, 0) is 0 Å². The van der Waals surface area contributed by atoms with Gasteiger partial charge in [-0.3, -0.25) is 0 Å². The Labute approximate surface area is 130 Å². The van der Waals surface area contributed by atoms with E-state index < -0.39 is 0 Å². The first-order valence-corrected chi connectivity index (χ1v) is 7.92. The molecule has 100 valence electrons. The van der Waals surface area contributed by atoms with Gasteiger partial charge in [0, 0.05) is 14.9 Å². The van der Waals surface area contributed by atoms with Crippen LogP contribution in [-0.4, -0.2) is 0 Å². The minimum Gasteiger partial charge on any atom is -0.207 e. The quantitative estimate of drug-likeness (QED) is 0.511. The average Bonchev–Trinajstić information content (AvgIpc) is 2.91. The molecule has 0 unspecified atom stereocenters. The Morgan fingerprint density at radius 1 is 0.950 bits per heavy atom. The third kappa shape index (κ3) is 2.56. The Kier molecular flexibility index (Phi) is 3.72. The summed E-state index contributed by atoms with van der Waals surface area (Å²) in [6.07, 6.45) is 0. The second kappa shape index (κ2) is 5.51. The van der Waals surface area contributed by atoms with E-state index in [-0.39, 0.29) is 5.82 Å². The lowest BCUT2D eigenvalue weighted by Gasteiger charge is -2.08. The molecule has 0 nitrogen and oxygen atoms in total. The van der Waals surface area contributed by atoms with Crippen molar-refractivity contribution in [2.45, 2.75) is 6.92 Å². The molecule has 2 aromatic carbocycles. The van der Waals surface area contributed by atoms with Crippen molar-refractivity contribution < 1.29 is 4.39 Å². The highest BCUT2D eigenvalue weighted by Crippen LogP contribution is 2.39. The fourth-order valence-corrected chi connectivity index (χ4v) is 3.51. The summed E-state index contributed by atoms with van der Waals surface area (Å²) in [6.45, 7) is 2.11. The van der Waals surface area contributed by atoms with Crippen LogP contribution < -0.4 is 0 Å². The monoisotopic (exact) mass is 346 g/mol. The van der Waals surface area contributed by atoms with Crippen LogP contribution in [0.15, 0.2) is 58.4 Å². The summed E-state index contributed by atoms with van der Waals surface area (Å²) in [4.78, 5) is 1.17. The van der Waals surface area contributed by atoms with Crippen LogP contribution in [0.4, 0.5) is 4.39 Å². The molecule has 0 amide bonds. The van der Waals surface area contributed by atoms with Crippen molar-refractivity contribution in [3.8, 4) is 21.6 Å². The van der Waals surface area contributed by atoms with Crippen molar-refractivity contribution in [2.24, 2.45) is 0 Å². The minimum absolute atomic E-state index is 0.203. The number of hydrogen-bond acceptors (Lipinski definition) is 1. The van der Waals surface area contributed by atoms with Crippen LogP contribution in [0.3, 0.4) is 0 Å². The lowest BCUT2D eigenvalue weighted by molar-refractivity contribution is 0.628. The van der Waals surface area contributed by atoms with Gasteiger partial charge >= 0.3 is 0 Å². The average molecular weight is 347 g/mol. The second-order valence-electron chi connectivity index (χ2n) is 4.63. The molecule has 3 aromatic rings. The first-order chi connectivity index (χ1) is 9.65. The Balaban J connectivity index is 2.15. The molecule has 0 aliphatic heterocycles. The third-order valence-electron chi connectivity index (χ3n) is 3.26. The van der Waals surface area contributed by atoms with Crippen molar-refractivity contribution in [3.05, 3.63) is 69.8 Å². The summed E-state index contributed by atoms with van der Waals surface area (Å²) >= 11 is 5.21. The van der Waals surface area contributed by atoms with E-state index in [0.717, 1.165) is 10.0 Å². The number of benzene rings is 2. The Morgan fingerprint density at radius 2 is 1.70 bits per heavy atom. The summed E-state index contributed by atoms with van der Waals surface area (Å²) in [5, 5.41) is 2.08. The van der Waals surface area contributed by atoms with Crippen LogP contribution in [0, 0.1) is 12.7 Å². The van der Waals surface area contributed by atoms with Gasteiger partial charge in [0.15, 0.2) is 0 Å². The van der Waals surface area contributed by atoms with Crippen molar-refractivity contribution in [2.75, 3.05) is 0 Å². The van der Waals surface area contributed by atoms with Gasteiger partial charge in [-0.05, 0) is 59.3 Å². The molecule has 1 aromatic heterocycles. The van der Waals surface area contributed by atoms with Crippen LogP contribution in [0.5, 0.6) is 0 Å². The molecule has 0 saturated carbocycles. The molecule has 0 bridgehead atoms. The minimum atomic E-state index is -0.203. The normalized spacial score (nSPS) is 10.8. The van der Waals surface area contributed by atoms with Gasteiger partial charge in [-0.2, -0.15) is 0 Å². The zero-order valence-electron chi connectivity index (χ0n) is 10.9. The molecule has 0 spiro atoms. The van der Waals surface area contributed by atoms with Crippen LogP contribution in [0.1, 0.15) is 5.56 Å². The number of aryl methyl sites for hydroxylation is 1. The lowest BCUT2D eigenvalue weighted by atomic mass is 9.99. The molecule has 20 heavy (non-hydrogen) atoms. The first-order valence-electron chi connectivity index (χ1n) is 6.25. The molecule has 3 heteroatoms. The molecule has 3 rings (SSSR count). The standard InChI is InChI=1S/C17H12BrFS/c1-11-2-5-13(18)10-16(11)15-8-9-20-17(15)12-3-6-14(19)7-4-12/h2-10H,1H3. The van der Waals surface area contributed by atoms with Gasteiger partial charge in [-0.15, -0.1) is 11.3 Å². The number of rotatable bonds is 2. The highest BCUT2D eigenvalue weighted by atomic mass is 79.9. The summed E-state index contributed by atoms with van der Waals surface area (Å²) in [7, 11) is 0. The largest absolute Gasteiger partial charge is 0.207 e. The van der Waals surface area contributed by atoms with Gasteiger partial charge in [0.25, 0.3) is 0 Å². The zero-order valence-corrected chi connectivity index (χ0v) is 13.3. The van der Waals surface area contributed by atoms with Gasteiger partial charge in [-0.25, -0.2) is 4.39 Å². The molecule has 1 heterocycles. The first kappa shape index (κ1) is 13.5. The van der Waals surface area contributed by atoms with Crippen LogP contribution in [0.25, 0.3) is 21.6 Å². The number of thiophene rings is 1. The van der Waals surface area contributed by atoms with E-state index in [2.05, 4.69) is 46.4 Å². The van der Waals surface area contributed by atoms with Gasteiger partial charge < -0.3 is 0 Å². The second-order valence-corrected chi connectivity index (χ2v) is 6.46. The maximum atomic E-state index is 13.1. The highest BCUT2D eigenvalue weighted by molar-refractivity contribution is 9.10. The molecule has 0 saturated heterocycles. The zero-order chi connectivity index (χ0) is 14.1. The fourth-order valence-electron chi connectivity index (χ4n) is 2.23. The summed E-state index contributed by atoms with van der Waals surface area (Å²) in [5.74, 6) is -0.203. The molecule has 0 atom stereocenters. The molecule has 0 aliphatic carbocycles. The van der Waals surface area contributed by atoms with E-state index >= 15 is 0 Å². The Bertz CT molecular complexity index is 744. The maximum Gasteiger partial charge on any atom is 0.123 e.